The molecule has 5 nitrogen and oxygen atoms in total. The van der Waals surface area contributed by atoms with E-state index < -0.39 is 0 Å². The quantitative estimate of drug-likeness (QED) is 0.745. The fourth-order valence-corrected chi connectivity index (χ4v) is 2.15. The lowest BCUT2D eigenvalue weighted by Crippen LogP contribution is -2.19. The van der Waals surface area contributed by atoms with Gasteiger partial charge in [0.1, 0.15) is 0 Å². The first-order valence-electron chi connectivity index (χ1n) is 6.95. The van der Waals surface area contributed by atoms with Gasteiger partial charge >= 0.3 is 0 Å². The van der Waals surface area contributed by atoms with Gasteiger partial charge in [-0.25, -0.2) is 9.67 Å². The lowest BCUT2D eigenvalue weighted by Gasteiger charge is -2.03. The molecule has 1 aromatic carbocycles. The second kappa shape index (κ2) is 5.81. The van der Waals surface area contributed by atoms with Crippen LogP contribution in [-0.4, -0.2) is 19.3 Å². The molecular weight excluding hydrogens is 276 g/mol. The van der Waals surface area contributed by atoms with Crippen molar-refractivity contribution in [3.8, 4) is 5.69 Å². The Hall–Kier alpha value is -2.95. The number of benzene rings is 1. The molecule has 0 bridgehead atoms. The molecule has 110 valence electrons. The van der Waals surface area contributed by atoms with Gasteiger partial charge in [0, 0.05) is 31.2 Å². The maximum absolute atomic E-state index is 11.5. The minimum Gasteiger partial charge on any atom is -0.306 e. The number of aryl methyl sites for hydroxylation is 2. The van der Waals surface area contributed by atoms with Crippen molar-refractivity contribution in [2.45, 2.75) is 6.92 Å². The van der Waals surface area contributed by atoms with Gasteiger partial charge in [-0.05, 0) is 36.3 Å². The zero-order valence-electron chi connectivity index (χ0n) is 12.5. The molecule has 22 heavy (non-hydrogen) atoms. The Kier molecular flexibility index (Phi) is 3.70. The summed E-state index contributed by atoms with van der Waals surface area (Å²) >= 11 is 0. The molecule has 0 radical (unpaired) electrons. The summed E-state index contributed by atoms with van der Waals surface area (Å²) < 4.78 is 3.29. The normalized spacial score (nSPS) is 11.2. The molecule has 0 amide bonds. The van der Waals surface area contributed by atoms with Gasteiger partial charge in [-0.3, -0.25) is 4.79 Å². The van der Waals surface area contributed by atoms with Crippen molar-refractivity contribution >= 4 is 12.2 Å². The molecule has 0 saturated carbocycles. The Morgan fingerprint density at radius 1 is 1.14 bits per heavy atom. The Labute approximate surface area is 128 Å². The fraction of sp³-hybridized carbons (Fsp3) is 0.118. The van der Waals surface area contributed by atoms with Crippen LogP contribution in [0.2, 0.25) is 0 Å². The largest absolute Gasteiger partial charge is 0.306 e. The number of hydrogen-bond donors (Lipinski definition) is 0. The van der Waals surface area contributed by atoms with Gasteiger partial charge in [-0.15, -0.1) is 0 Å². The van der Waals surface area contributed by atoms with Crippen LogP contribution in [0.25, 0.3) is 17.8 Å². The number of imidazole rings is 1. The summed E-state index contributed by atoms with van der Waals surface area (Å²) in [6.45, 7) is 1.89. The highest BCUT2D eigenvalue weighted by Crippen LogP contribution is 2.12. The first kappa shape index (κ1) is 14.0. The van der Waals surface area contributed by atoms with Gasteiger partial charge in [-0.1, -0.05) is 18.2 Å². The Balaban J connectivity index is 1.84. The maximum Gasteiger partial charge on any atom is 0.266 e. The molecule has 2 heterocycles. The molecule has 0 aliphatic carbocycles. The monoisotopic (exact) mass is 292 g/mol. The highest BCUT2D eigenvalue weighted by Gasteiger charge is 2.00. The molecule has 0 fully saturated rings. The van der Waals surface area contributed by atoms with Crippen LogP contribution in [-0.2, 0) is 7.05 Å². The van der Waals surface area contributed by atoms with E-state index in [1.54, 1.807) is 25.6 Å². The lowest BCUT2D eigenvalue weighted by molar-refractivity contribution is 0.699. The number of rotatable bonds is 3. The van der Waals surface area contributed by atoms with E-state index in [9.17, 15) is 4.79 Å². The molecule has 5 heteroatoms. The SMILES string of the molecule is Cc1cc(=O)n(C)nc1/C=C/c1ccc(-n2ccnc2)cc1. The van der Waals surface area contributed by atoms with Crippen molar-refractivity contribution < 1.29 is 0 Å². The fourth-order valence-electron chi connectivity index (χ4n) is 2.15. The zero-order chi connectivity index (χ0) is 15.5. The molecule has 0 saturated heterocycles. The van der Waals surface area contributed by atoms with Crippen LogP contribution in [0, 0.1) is 6.92 Å². The Morgan fingerprint density at radius 2 is 1.91 bits per heavy atom. The third-order valence-corrected chi connectivity index (χ3v) is 3.45. The molecule has 0 spiro atoms. The zero-order valence-corrected chi connectivity index (χ0v) is 12.5. The Morgan fingerprint density at radius 3 is 2.59 bits per heavy atom. The van der Waals surface area contributed by atoms with E-state index in [0.717, 1.165) is 22.5 Å². The summed E-state index contributed by atoms with van der Waals surface area (Å²) in [5.74, 6) is 0. The average molecular weight is 292 g/mol. The predicted molar refractivity (Wildman–Crippen MR) is 86.7 cm³/mol. The summed E-state index contributed by atoms with van der Waals surface area (Å²) in [6, 6.07) is 9.71. The van der Waals surface area contributed by atoms with Gasteiger partial charge < -0.3 is 4.57 Å². The van der Waals surface area contributed by atoms with E-state index in [0.29, 0.717) is 0 Å². The second-order valence-corrected chi connectivity index (χ2v) is 5.07. The molecule has 3 rings (SSSR count). The van der Waals surface area contributed by atoms with Gasteiger partial charge in [0.05, 0.1) is 12.0 Å². The highest BCUT2D eigenvalue weighted by molar-refractivity contribution is 5.69. The minimum absolute atomic E-state index is 0.0978. The standard InChI is InChI=1S/C17H16N4O/c1-13-11-17(22)20(2)19-16(13)8-5-14-3-6-15(7-4-14)21-10-9-18-12-21/h3-12H,1-2H3/b8-5+. The predicted octanol–water partition coefficient (Wildman–Crippen LogP) is 2.44. The van der Waals surface area contributed by atoms with Crippen molar-refractivity contribution in [3.05, 3.63) is 76.2 Å². The molecule has 0 atom stereocenters. The van der Waals surface area contributed by atoms with Gasteiger partial charge in [0.15, 0.2) is 0 Å². The topological polar surface area (TPSA) is 52.7 Å². The summed E-state index contributed by atoms with van der Waals surface area (Å²) in [6.07, 6.45) is 9.33. The summed E-state index contributed by atoms with van der Waals surface area (Å²) in [5.41, 5.74) is 3.69. The molecule has 0 N–H and O–H groups in total. The molecule has 0 aliphatic rings. The van der Waals surface area contributed by atoms with Crippen LogP contribution >= 0.6 is 0 Å². The first-order chi connectivity index (χ1) is 10.6. The van der Waals surface area contributed by atoms with Crippen molar-refractivity contribution in [1.82, 2.24) is 19.3 Å². The molecular formula is C17H16N4O. The van der Waals surface area contributed by atoms with Crippen LogP contribution in [0.4, 0.5) is 0 Å². The third kappa shape index (κ3) is 2.88. The van der Waals surface area contributed by atoms with Crippen molar-refractivity contribution in [3.63, 3.8) is 0 Å². The minimum atomic E-state index is -0.0978. The van der Waals surface area contributed by atoms with E-state index in [1.807, 2.05) is 54.1 Å². The molecule has 0 aliphatic heterocycles. The molecule has 2 aromatic heterocycles. The van der Waals surface area contributed by atoms with Crippen LogP contribution in [0.3, 0.4) is 0 Å². The van der Waals surface area contributed by atoms with E-state index in [4.69, 9.17) is 0 Å². The van der Waals surface area contributed by atoms with Gasteiger partial charge in [-0.2, -0.15) is 5.10 Å². The highest BCUT2D eigenvalue weighted by atomic mass is 16.1. The van der Waals surface area contributed by atoms with Gasteiger partial charge in [0.2, 0.25) is 0 Å². The van der Waals surface area contributed by atoms with Crippen LogP contribution < -0.4 is 5.56 Å². The van der Waals surface area contributed by atoms with Crippen LogP contribution in [0.5, 0.6) is 0 Å². The Bertz CT molecular complexity index is 859. The smallest absolute Gasteiger partial charge is 0.266 e. The number of hydrogen-bond acceptors (Lipinski definition) is 3. The summed E-state index contributed by atoms with van der Waals surface area (Å²) in [7, 11) is 1.65. The van der Waals surface area contributed by atoms with Crippen molar-refractivity contribution in [1.29, 1.82) is 0 Å². The first-order valence-corrected chi connectivity index (χ1v) is 6.95. The van der Waals surface area contributed by atoms with Gasteiger partial charge in [0.25, 0.3) is 5.56 Å². The van der Waals surface area contributed by atoms with Crippen molar-refractivity contribution in [2.75, 3.05) is 0 Å². The molecule has 0 unspecified atom stereocenters. The van der Waals surface area contributed by atoms with Crippen LogP contribution in [0.1, 0.15) is 16.8 Å². The number of aromatic nitrogens is 4. The second-order valence-electron chi connectivity index (χ2n) is 5.07. The van der Waals surface area contributed by atoms with Crippen LogP contribution in [0.15, 0.2) is 53.8 Å². The van der Waals surface area contributed by atoms with E-state index in [1.165, 1.54) is 4.68 Å². The summed E-state index contributed by atoms with van der Waals surface area (Å²) in [5, 5.41) is 4.25. The van der Waals surface area contributed by atoms with E-state index in [-0.39, 0.29) is 5.56 Å². The number of nitrogens with zero attached hydrogens (tertiary/aromatic N) is 4. The van der Waals surface area contributed by atoms with E-state index >= 15 is 0 Å². The maximum atomic E-state index is 11.5. The van der Waals surface area contributed by atoms with Crippen molar-refractivity contribution in [2.24, 2.45) is 7.05 Å². The van der Waals surface area contributed by atoms with E-state index in [2.05, 4.69) is 10.1 Å². The summed E-state index contributed by atoms with van der Waals surface area (Å²) in [4.78, 5) is 15.5. The third-order valence-electron chi connectivity index (χ3n) is 3.45. The lowest BCUT2D eigenvalue weighted by atomic mass is 10.1. The molecule has 3 aromatic rings. The average Bonchev–Trinajstić information content (AvgIpc) is 3.04.